The standard InChI is InChI=1S/C17H16O4/c1-12-6-5-7-13(10-12)21-15-9-4-3-8-14(15)16(20-2)11-17(18)19/h3-11H,1-2H3,(H,18,19)/p-1/b16-11-. The van der Waals surface area contributed by atoms with Gasteiger partial charge in [-0.15, -0.1) is 0 Å². The molecular weight excluding hydrogens is 268 g/mol. The Morgan fingerprint density at radius 3 is 2.57 bits per heavy atom. The van der Waals surface area contributed by atoms with E-state index >= 15 is 0 Å². The maximum Gasteiger partial charge on any atom is 0.138 e. The summed E-state index contributed by atoms with van der Waals surface area (Å²) in [5, 5.41) is 10.7. The van der Waals surface area contributed by atoms with Gasteiger partial charge >= 0.3 is 0 Å². The summed E-state index contributed by atoms with van der Waals surface area (Å²) in [5.41, 5.74) is 1.62. The average Bonchev–Trinajstić information content (AvgIpc) is 2.45. The van der Waals surface area contributed by atoms with Gasteiger partial charge in [-0.3, -0.25) is 0 Å². The van der Waals surface area contributed by atoms with Crippen molar-refractivity contribution in [1.29, 1.82) is 0 Å². The Kier molecular flexibility index (Phi) is 4.61. The minimum atomic E-state index is -1.32. The van der Waals surface area contributed by atoms with Gasteiger partial charge in [0.25, 0.3) is 0 Å². The van der Waals surface area contributed by atoms with Gasteiger partial charge in [0.05, 0.1) is 18.6 Å². The molecule has 0 saturated carbocycles. The minimum Gasteiger partial charge on any atom is -0.545 e. The Morgan fingerprint density at radius 1 is 1.14 bits per heavy atom. The lowest BCUT2D eigenvalue weighted by atomic mass is 10.1. The van der Waals surface area contributed by atoms with Crippen molar-refractivity contribution < 1.29 is 19.4 Å². The number of rotatable bonds is 5. The molecule has 2 rings (SSSR count). The second kappa shape index (κ2) is 6.61. The summed E-state index contributed by atoms with van der Waals surface area (Å²) in [6, 6.07) is 14.6. The van der Waals surface area contributed by atoms with Crippen molar-refractivity contribution in [2.45, 2.75) is 6.92 Å². The molecule has 0 spiro atoms. The molecule has 21 heavy (non-hydrogen) atoms. The topological polar surface area (TPSA) is 58.6 Å². The number of ether oxygens (including phenoxy) is 2. The molecule has 0 radical (unpaired) electrons. The maximum absolute atomic E-state index is 10.7. The number of aliphatic carboxylic acids is 1. The van der Waals surface area contributed by atoms with Crippen molar-refractivity contribution in [3.63, 3.8) is 0 Å². The van der Waals surface area contributed by atoms with Crippen molar-refractivity contribution in [2.75, 3.05) is 7.11 Å². The van der Waals surface area contributed by atoms with Gasteiger partial charge in [0.1, 0.15) is 17.3 Å². The first kappa shape index (κ1) is 14.7. The summed E-state index contributed by atoms with van der Waals surface area (Å²) < 4.78 is 10.9. The fraction of sp³-hybridized carbons (Fsp3) is 0.118. The Hall–Kier alpha value is -2.75. The van der Waals surface area contributed by atoms with Crippen molar-refractivity contribution in [1.82, 2.24) is 0 Å². The molecule has 0 unspecified atom stereocenters. The normalized spacial score (nSPS) is 11.0. The summed E-state index contributed by atoms with van der Waals surface area (Å²) in [4.78, 5) is 10.7. The van der Waals surface area contributed by atoms with E-state index in [1.807, 2.05) is 31.2 Å². The van der Waals surface area contributed by atoms with Gasteiger partial charge in [-0.25, -0.2) is 0 Å². The first-order valence-electron chi connectivity index (χ1n) is 6.40. The highest BCUT2D eigenvalue weighted by Crippen LogP contribution is 2.30. The average molecular weight is 283 g/mol. The summed E-state index contributed by atoms with van der Waals surface area (Å²) >= 11 is 0. The Balaban J connectivity index is 2.39. The van der Waals surface area contributed by atoms with Crippen LogP contribution >= 0.6 is 0 Å². The second-order valence-electron chi connectivity index (χ2n) is 4.45. The van der Waals surface area contributed by atoms with Crippen LogP contribution in [0.4, 0.5) is 0 Å². The zero-order valence-corrected chi connectivity index (χ0v) is 11.8. The Labute approximate surface area is 123 Å². The molecule has 0 amide bonds. The highest BCUT2D eigenvalue weighted by atomic mass is 16.5. The van der Waals surface area contributed by atoms with Gasteiger partial charge < -0.3 is 19.4 Å². The van der Waals surface area contributed by atoms with Crippen molar-refractivity contribution >= 4 is 11.7 Å². The highest BCUT2D eigenvalue weighted by molar-refractivity contribution is 5.87. The van der Waals surface area contributed by atoms with Gasteiger partial charge in [0.2, 0.25) is 0 Å². The minimum absolute atomic E-state index is 0.179. The number of carboxylic acid groups (broad SMARTS) is 1. The molecule has 0 aliphatic carbocycles. The van der Waals surface area contributed by atoms with Crippen LogP contribution in [0.15, 0.2) is 54.6 Å². The maximum atomic E-state index is 10.7. The lowest BCUT2D eigenvalue weighted by molar-refractivity contribution is -0.297. The number of carboxylic acids is 1. The third-order valence-electron chi connectivity index (χ3n) is 2.84. The van der Waals surface area contributed by atoms with E-state index in [4.69, 9.17) is 9.47 Å². The lowest BCUT2D eigenvalue weighted by Gasteiger charge is -2.13. The van der Waals surface area contributed by atoms with Gasteiger partial charge in [-0.1, -0.05) is 24.3 Å². The van der Waals surface area contributed by atoms with E-state index in [0.29, 0.717) is 17.1 Å². The van der Waals surface area contributed by atoms with Gasteiger partial charge in [0, 0.05) is 6.08 Å². The van der Waals surface area contributed by atoms with Gasteiger partial charge in [0.15, 0.2) is 0 Å². The monoisotopic (exact) mass is 283 g/mol. The van der Waals surface area contributed by atoms with Crippen LogP contribution in [0.5, 0.6) is 11.5 Å². The van der Waals surface area contributed by atoms with Crippen LogP contribution in [0.2, 0.25) is 0 Å². The van der Waals surface area contributed by atoms with Crippen LogP contribution in [0.3, 0.4) is 0 Å². The molecule has 0 fully saturated rings. The molecule has 108 valence electrons. The molecule has 4 nitrogen and oxygen atoms in total. The van der Waals surface area contributed by atoms with E-state index in [1.165, 1.54) is 7.11 Å². The second-order valence-corrected chi connectivity index (χ2v) is 4.45. The molecular formula is C17H15O4-. The van der Waals surface area contributed by atoms with E-state index in [0.717, 1.165) is 11.6 Å². The van der Waals surface area contributed by atoms with Gasteiger partial charge in [-0.05, 0) is 36.8 Å². The molecule has 0 atom stereocenters. The van der Waals surface area contributed by atoms with E-state index < -0.39 is 5.97 Å². The number of aryl methyl sites for hydroxylation is 1. The fourth-order valence-corrected chi connectivity index (χ4v) is 1.92. The number of hydrogen-bond donors (Lipinski definition) is 0. The lowest BCUT2D eigenvalue weighted by Crippen LogP contribution is -2.19. The summed E-state index contributed by atoms with van der Waals surface area (Å²) in [6.45, 7) is 1.97. The number of hydrogen-bond acceptors (Lipinski definition) is 4. The number of para-hydroxylation sites is 1. The van der Waals surface area contributed by atoms with Crippen LogP contribution in [0.1, 0.15) is 11.1 Å². The molecule has 2 aromatic carbocycles. The van der Waals surface area contributed by atoms with E-state index in [9.17, 15) is 9.90 Å². The van der Waals surface area contributed by atoms with E-state index in [1.54, 1.807) is 24.3 Å². The Bertz CT molecular complexity index is 674. The van der Waals surface area contributed by atoms with Crippen molar-refractivity contribution in [3.8, 4) is 11.5 Å². The molecule has 0 N–H and O–H groups in total. The predicted molar refractivity (Wildman–Crippen MR) is 77.7 cm³/mol. The summed E-state index contributed by atoms with van der Waals surface area (Å²) in [5.74, 6) is 0.0410. The van der Waals surface area contributed by atoms with Crippen molar-refractivity contribution in [2.24, 2.45) is 0 Å². The zero-order chi connectivity index (χ0) is 15.2. The fourth-order valence-electron chi connectivity index (χ4n) is 1.92. The van der Waals surface area contributed by atoms with Crippen LogP contribution in [0, 0.1) is 6.92 Å². The zero-order valence-electron chi connectivity index (χ0n) is 11.8. The molecule has 0 aliphatic rings. The quantitative estimate of drug-likeness (QED) is 0.625. The molecule has 4 heteroatoms. The smallest absolute Gasteiger partial charge is 0.138 e. The van der Waals surface area contributed by atoms with Crippen LogP contribution in [0.25, 0.3) is 5.76 Å². The van der Waals surface area contributed by atoms with Crippen molar-refractivity contribution in [3.05, 3.63) is 65.7 Å². The molecule has 0 aliphatic heterocycles. The number of carbonyl (C=O) groups is 1. The number of carbonyl (C=O) groups excluding carboxylic acids is 1. The van der Waals surface area contributed by atoms with Crippen LogP contribution < -0.4 is 9.84 Å². The molecule has 0 bridgehead atoms. The molecule has 2 aromatic rings. The largest absolute Gasteiger partial charge is 0.545 e. The first-order valence-corrected chi connectivity index (χ1v) is 6.40. The number of benzene rings is 2. The van der Waals surface area contributed by atoms with Gasteiger partial charge in [-0.2, -0.15) is 0 Å². The SMILES string of the molecule is CO/C(=C\C(=O)[O-])c1ccccc1Oc1cccc(C)c1. The molecule has 0 saturated heterocycles. The van der Waals surface area contributed by atoms with Crippen LogP contribution in [-0.2, 0) is 9.53 Å². The third kappa shape index (κ3) is 3.86. The Morgan fingerprint density at radius 2 is 1.90 bits per heavy atom. The third-order valence-corrected chi connectivity index (χ3v) is 2.84. The highest BCUT2D eigenvalue weighted by Gasteiger charge is 2.10. The molecule has 0 aromatic heterocycles. The number of methoxy groups -OCH3 is 1. The first-order chi connectivity index (χ1) is 10.1. The molecule has 0 heterocycles. The van der Waals surface area contributed by atoms with E-state index in [-0.39, 0.29) is 5.76 Å². The van der Waals surface area contributed by atoms with E-state index in [2.05, 4.69) is 0 Å². The van der Waals surface area contributed by atoms with Crippen LogP contribution in [-0.4, -0.2) is 13.1 Å². The predicted octanol–water partition coefficient (Wildman–Crippen LogP) is 2.52. The summed E-state index contributed by atoms with van der Waals surface area (Å²) in [6.07, 6.45) is 0.901. The summed E-state index contributed by atoms with van der Waals surface area (Å²) in [7, 11) is 1.40.